The van der Waals surface area contributed by atoms with Gasteiger partial charge in [-0.1, -0.05) is 13.0 Å². The molecule has 1 unspecified atom stereocenters. The quantitative estimate of drug-likeness (QED) is 0.594. The number of nitrogens with zero attached hydrogens (tertiary/aromatic N) is 3. The molecule has 0 spiro atoms. The first-order valence-corrected chi connectivity index (χ1v) is 10.7. The maximum atomic E-state index is 12.6. The van der Waals surface area contributed by atoms with E-state index in [0.717, 1.165) is 16.0 Å². The van der Waals surface area contributed by atoms with Crippen molar-refractivity contribution in [2.75, 3.05) is 25.1 Å². The molecule has 0 bridgehead atoms. The number of aliphatic hydroxyl groups excluding tert-OH is 2. The van der Waals surface area contributed by atoms with Crippen LogP contribution < -0.4 is 5.32 Å². The molecule has 0 radical (unpaired) electrons. The van der Waals surface area contributed by atoms with Crippen LogP contribution in [0.15, 0.2) is 24.5 Å². The summed E-state index contributed by atoms with van der Waals surface area (Å²) in [6, 6.07) is 5.92. The minimum absolute atomic E-state index is 0.0200. The van der Waals surface area contributed by atoms with Crippen LogP contribution in [0.1, 0.15) is 40.8 Å². The number of anilines is 1. The van der Waals surface area contributed by atoms with Crippen molar-refractivity contribution in [2.24, 2.45) is 0 Å². The van der Waals surface area contributed by atoms with Crippen LogP contribution in [0.2, 0.25) is 0 Å². The van der Waals surface area contributed by atoms with E-state index < -0.39 is 18.8 Å². The lowest BCUT2D eigenvalue weighted by molar-refractivity contribution is -0.116. The predicted molar refractivity (Wildman–Crippen MR) is 113 cm³/mol. The summed E-state index contributed by atoms with van der Waals surface area (Å²) in [5.41, 5.74) is 2.23. The van der Waals surface area contributed by atoms with E-state index in [4.69, 9.17) is 9.84 Å². The Kier molecular flexibility index (Phi) is 7.57. The van der Waals surface area contributed by atoms with Gasteiger partial charge in [0.25, 0.3) is 0 Å². The summed E-state index contributed by atoms with van der Waals surface area (Å²) in [4.78, 5) is 31.1. The summed E-state index contributed by atoms with van der Waals surface area (Å²) < 4.78 is 5.00. The van der Waals surface area contributed by atoms with E-state index in [1.165, 1.54) is 16.2 Å². The van der Waals surface area contributed by atoms with Gasteiger partial charge in [-0.2, -0.15) is 5.26 Å². The van der Waals surface area contributed by atoms with Gasteiger partial charge in [-0.3, -0.25) is 9.78 Å². The van der Waals surface area contributed by atoms with Crippen molar-refractivity contribution in [1.29, 1.82) is 5.26 Å². The van der Waals surface area contributed by atoms with Crippen LogP contribution in [0.4, 0.5) is 9.80 Å². The Morgan fingerprint density at radius 1 is 1.48 bits per heavy atom. The molecule has 31 heavy (non-hydrogen) atoms. The number of hydrogen-bond acceptors (Lipinski definition) is 8. The van der Waals surface area contributed by atoms with Crippen molar-refractivity contribution in [1.82, 2.24) is 9.88 Å². The topological polar surface area (TPSA) is 136 Å². The molecule has 2 aromatic heterocycles. The van der Waals surface area contributed by atoms with Crippen LogP contribution in [0.25, 0.3) is 0 Å². The number of nitriles is 1. The molecule has 0 fully saturated rings. The molecule has 10 heteroatoms. The van der Waals surface area contributed by atoms with Gasteiger partial charge in [-0.15, -0.1) is 11.3 Å². The SMILES string of the molecule is C[C@@H](CC(=O)Nc1sc2c(c1C#N)CCN(C(=O)OCC(O)CO)C2)c1cccnc1. The van der Waals surface area contributed by atoms with Crippen LogP contribution in [0.5, 0.6) is 0 Å². The van der Waals surface area contributed by atoms with Gasteiger partial charge in [0.1, 0.15) is 23.8 Å². The third kappa shape index (κ3) is 5.58. The van der Waals surface area contributed by atoms with Gasteiger partial charge in [0, 0.05) is 30.2 Å². The molecule has 3 N–H and O–H groups in total. The molecule has 0 aliphatic carbocycles. The van der Waals surface area contributed by atoms with Crippen molar-refractivity contribution < 1.29 is 24.5 Å². The second-order valence-electron chi connectivity index (χ2n) is 7.34. The zero-order valence-electron chi connectivity index (χ0n) is 17.1. The fourth-order valence-corrected chi connectivity index (χ4v) is 4.55. The van der Waals surface area contributed by atoms with Crippen molar-refractivity contribution in [2.45, 2.75) is 38.3 Å². The Bertz CT molecular complexity index is 972. The Morgan fingerprint density at radius 3 is 2.97 bits per heavy atom. The first-order valence-electron chi connectivity index (χ1n) is 9.88. The van der Waals surface area contributed by atoms with Crippen LogP contribution in [-0.4, -0.2) is 58.0 Å². The highest BCUT2D eigenvalue weighted by molar-refractivity contribution is 7.16. The number of aromatic nitrogens is 1. The smallest absolute Gasteiger partial charge is 0.410 e. The molecule has 2 atom stereocenters. The highest BCUT2D eigenvalue weighted by atomic mass is 32.1. The fourth-order valence-electron chi connectivity index (χ4n) is 3.32. The second kappa shape index (κ2) is 10.3. The normalized spacial score (nSPS) is 14.8. The van der Waals surface area contributed by atoms with E-state index >= 15 is 0 Å². The lowest BCUT2D eigenvalue weighted by Crippen LogP contribution is -2.37. The number of amides is 2. The average molecular weight is 445 g/mol. The standard InChI is InChI=1S/C21H24N4O5S/c1-13(14-3-2-5-23-9-14)7-19(28)24-20-17(8-22)16-4-6-25(10-18(16)31-20)21(29)30-12-15(27)11-26/h2-3,5,9,13,15,26-27H,4,6-7,10-12H2,1H3,(H,24,28)/t13-,15?/m0/s1. The summed E-state index contributed by atoms with van der Waals surface area (Å²) in [7, 11) is 0. The van der Waals surface area contributed by atoms with Crippen molar-refractivity contribution in [3.05, 3.63) is 46.1 Å². The molecule has 2 aromatic rings. The number of ether oxygens (including phenoxy) is 1. The number of thiophene rings is 1. The molecule has 3 rings (SSSR count). The van der Waals surface area contributed by atoms with Crippen LogP contribution in [-0.2, 0) is 22.5 Å². The molecule has 0 saturated heterocycles. The summed E-state index contributed by atoms with van der Waals surface area (Å²) in [5.74, 6) is -0.214. The van der Waals surface area contributed by atoms with Gasteiger partial charge in [0.05, 0.1) is 18.7 Å². The third-order valence-corrected chi connectivity index (χ3v) is 6.17. The van der Waals surface area contributed by atoms with Gasteiger partial charge >= 0.3 is 6.09 Å². The minimum atomic E-state index is -1.12. The van der Waals surface area contributed by atoms with Gasteiger partial charge in [-0.05, 0) is 29.5 Å². The molecule has 164 valence electrons. The Labute approximate surface area is 183 Å². The largest absolute Gasteiger partial charge is 0.447 e. The molecule has 2 amide bonds. The third-order valence-electron chi connectivity index (χ3n) is 5.03. The molecule has 1 aliphatic heterocycles. The maximum Gasteiger partial charge on any atom is 0.410 e. The van der Waals surface area contributed by atoms with E-state index in [9.17, 15) is 20.0 Å². The van der Waals surface area contributed by atoms with E-state index in [-0.39, 0.29) is 31.4 Å². The predicted octanol–water partition coefficient (Wildman–Crippen LogP) is 1.99. The molecular formula is C21H24N4O5S. The number of carbonyl (C=O) groups excluding carboxylic acids is 2. The van der Waals surface area contributed by atoms with Crippen molar-refractivity contribution >= 4 is 28.3 Å². The number of nitrogens with one attached hydrogen (secondary N) is 1. The summed E-state index contributed by atoms with van der Waals surface area (Å²) in [5, 5.41) is 31.1. The Balaban J connectivity index is 1.65. The number of fused-ring (bicyclic) bond motifs is 1. The number of aliphatic hydroxyl groups is 2. The van der Waals surface area contributed by atoms with E-state index in [1.54, 1.807) is 12.4 Å². The van der Waals surface area contributed by atoms with Gasteiger partial charge in [-0.25, -0.2) is 4.79 Å². The first kappa shape index (κ1) is 22.7. The fraction of sp³-hybridized carbons (Fsp3) is 0.429. The Morgan fingerprint density at radius 2 is 2.29 bits per heavy atom. The Hall–Kier alpha value is -3.00. The van der Waals surface area contributed by atoms with E-state index in [1.807, 2.05) is 19.1 Å². The van der Waals surface area contributed by atoms with Crippen LogP contribution in [0.3, 0.4) is 0 Å². The van der Waals surface area contributed by atoms with Crippen LogP contribution >= 0.6 is 11.3 Å². The van der Waals surface area contributed by atoms with E-state index in [2.05, 4.69) is 16.4 Å². The first-order chi connectivity index (χ1) is 14.9. The summed E-state index contributed by atoms with van der Waals surface area (Å²) in [6.45, 7) is 1.78. The number of pyridine rings is 1. The zero-order valence-corrected chi connectivity index (χ0v) is 17.9. The number of rotatable bonds is 7. The highest BCUT2D eigenvalue weighted by Gasteiger charge is 2.28. The molecule has 9 nitrogen and oxygen atoms in total. The van der Waals surface area contributed by atoms with Gasteiger partial charge in [0.15, 0.2) is 0 Å². The second-order valence-corrected chi connectivity index (χ2v) is 8.45. The van der Waals surface area contributed by atoms with Crippen LogP contribution in [0, 0.1) is 11.3 Å². The molecule has 3 heterocycles. The summed E-state index contributed by atoms with van der Waals surface area (Å²) in [6.07, 6.45) is 2.42. The molecule has 1 aliphatic rings. The summed E-state index contributed by atoms with van der Waals surface area (Å²) >= 11 is 1.28. The minimum Gasteiger partial charge on any atom is -0.447 e. The zero-order chi connectivity index (χ0) is 22.4. The molecule has 0 saturated carbocycles. The highest BCUT2D eigenvalue weighted by Crippen LogP contribution is 2.37. The molecule has 0 aromatic carbocycles. The number of carbonyl (C=O) groups is 2. The maximum absolute atomic E-state index is 12.6. The van der Waals surface area contributed by atoms with Gasteiger partial charge in [0.2, 0.25) is 5.91 Å². The molecular weight excluding hydrogens is 420 g/mol. The average Bonchev–Trinajstić information content (AvgIpc) is 3.13. The number of hydrogen-bond donors (Lipinski definition) is 3. The van der Waals surface area contributed by atoms with Crippen molar-refractivity contribution in [3.63, 3.8) is 0 Å². The lowest BCUT2D eigenvalue weighted by Gasteiger charge is -2.26. The van der Waals surface area contributed by atoms with Gasteiger partial charge < -0.3 is 25.2 Å². The monoisotopic (exact) mass is 444 g/mol. The van der Waals surface area contributed by atoms with E-state index in [0.29, 0.717) is 23.5 Å². The lowest BCUT2D eigenvalue weighted by atomic mass is 9.99. The van der Waals surface area contributed by atoms with Crippen molar-refractivity contribution in [3.8, 4) is 6.07 Å².